The third-order valence-corrected chi connectivity index (χ3v) is 4.26. The van der Waals surface area contributed by atoms with Crippen molar-refractivity contribution in [3.63, 3.8) is 0 Å². The molecule has 3 atom stereocenters. The SMILES string of the molecule is CCC1CCC(Nc2nc(NC)ncc2[N+](=O)[O-])C1C. The van der Waals surface area contributed by atoms with Crippen LogP contribution < -0.4 is 10.6 Å². The molecular weight excluding hydrogens is 258 g/mol. The van der Waals surface area contributed by atoms with E-state index in [1.165, 1.54) is 6.20 Å². The molecule has 0 saturated heterocycles. The number of anilines is 2. The number of nitrogens with zero attached hydrogens (tertiary/aromatic N) is 3. The third kappa shape index (κ3) is 2.81. The highest BCUT2D eigenvalue weighted by molar-refractivity contribution is 5.57. The van der Waals surface area contributed by atoms with E-state index in [0.29, 0.717) is 23.6 Å². The summed E-state index contributed by atoms with van der Waals surface area (Å²) in [6.45, 7) is 4.39. The molecule has 0 spiro atoms. The predicted octanol–water partition coefficient (Wildman–Crippen LogP) is 2.66. The Hall–Kier alpha value is -1.92. The molecule has 2 rings (SSSR count). The minimum Gasteiger partial charge on any atom is -0.361 e. The average molecular weight is 279 g/mol. The summed E-state index contributed by atoms with van der Waals surface area (Å²) >= 11 is 0. The number of rotatable bonds is 5. The molecule has 1 heterocycles. The van der Waals surface area contributed by atoms with E-state index in [0.717, 1.165) is 19.3 Å². The number of nitro groups is 1. The molecule has 1 aromatic heterocycles. The Morgan fingerprint density at radius 2 is 2.25 bits per heavy atom. The van der Waals surface area contributed by atoms with Crippen molar-refractivity contribution in [2.75, 3.05) is 17.7 Å². The van der Waals surface area contributed by atoms with Crippen LogP contribution in [0.15, 0.2) is 6.20 Å². The fourth-order valence-electron chi connectivity index (χ4n) is 2.94. The minimum atomic E-state index is -0.446. The van der Waals surface area contributed by atoms with Crippen LogP contribution in [0.3, 0.4) is 0 Å². The monoisotopic (exact) mass is 279 g/mol. The second-order valence-corrected chi connectivity index (χ2v) is 5.29. The summed E-state index contributed by atoms with van der Waals surface area (Å²) in [5.74, 6) is 1.86. The Bertz CT molecular complexity index is 494. The molecule has 0 bridgehead atoms. The zero-order chi connectivity index (χ0) is 14.7. The van der Waals surface area contributed by atoms with Crippen LogP contribution in [0.1, 0.15) is 33.1 Å². The maximum Gasteiger partial charge on any atom is 0.329 e. The van der Waals surface area contributed by atoms with E-state index in [-0.39, 0.29) is 11.7 Å². The van der Waals surface area contributed by atoms with Crippen LogP contribution in [0.4, 0.5) is 17.5 Å². The van der Waals surface area contributed by atoms with Gasteiger partial charge in [-0.05, 0) is 24.7 Å². The van der Waals surface area contributed by atoms with Gasteiger partial charge >= 0.3 is 5.69 Å². The standard InChI is InChI=1S/C13H21N5O2/c1-4-9-5-6-10(8(9)2)16-12-11(18(19)20)7-15-13(14-3)17-12/h7-10H,4-6H2,1-3H3,(H2,14,15,16,17). The van der Waals surface area contributed by atoms with Crippen molar-refractivity contribution in [3.8, 4) is 0 Å². The summed E-state index contributed by atoms with van der Waals surface area (Å²) in [4.78, 5) is 18.7. The number of nitrogens with one attached hydrogen (secondary N) is 2. The molecular formula is C13H21N5O2. The molecule has 20 heavy (non-hydrogen) atoms. The van der Waals surface area contributed by atoms with Gasteiger partial charge < -0.3 is 10.6 Å². The highest BCUT2D eigenvalue weighted by Gasteiger charge is 2.33. The lowest BCUT2D eigenvalue weighted by atomic mass is 9.93. The Morgan fingerprint density at radius 3 is 2.80 bits per heavy atom. The van der Waals surface area contributed by atoms with Crippen LogP contribution in [-0.2, 0) is 0 Å². The minimum absolute atomic E-state index is 0.0730. The lowest BCUT2D eigenvalue weighted by Gasteiger charge is -2.21. The van der Waals surface area contributed by atoms with Gasteiger partial charge in [-0.2, -0.15) is 4.98 Å². The molecule has 1 aromatic rings. The van der Waals surface area contributed by atoms with E-state index in [9.17, 15) is 10.1 Å². The van der Waals surface area contributed by atoms with Crippen LogP contribution in [0.2, 0.25) is 0 Å². The molecule has 2 N–H and O–H groups in total. The van der Waals surface area contributed by atoms with Gasteiger partial charge in [-0.1, -0.05) is 20.3 Å². The van der Waals surface area contributed by atoms with E-state index in [1.807, 2.05) is 0 Å². The smallest absolute Gasteiger partial charge is 0.329 e. The van der Waals surface area contributed by atoms with Crippen molar-refractivity contribution in [1.82, 2.24) is 9.97 Å². The molecule has 1 aliphatic rings. The molecule has 0 amide bonds. The van der Waals surface area contributed by atoms with E-state index < -0.39 is 4.92 Å². The van der Waals surface area contributed by atoms with Crippen molar-refractivity contribution in [2.24, 2.45) is 11.8 Å². The van der Waals surface area contributed by atoms with Crippen LogP contribution in [0.5, 0.6) is 0 Å². The fourth-order valence-corrected chi connectivity index (χ4v) is 2.94. The maximum atomic E-state index is 11.1. The second-order valence-electron chi connectivity index (χ2n) is 5.29. The molecule has 110 valence electrons. The summed E-state index contributed by atoms with van der Waals surface area (Å²) < 4.78 is 0. The van der Waals surface area contributed by atoms with Gasteiger partial charge in [0.15, 0.2) is 0 Å². The number of aromatic nitrogens is 2. The van der Waals surface area contributed by atoms with Crippen LogP contribution in [0.25, 0.3) is 0 Å². The van der Waals surface area contributed by atoms with Gasteiger partial charge in [-0.3, -0.25) is 10.1 Å². The molecule has 3 unspecified atom stereocenters. The zero-order valence-electron chi connectivity index (χ0n) is 12.1. The molecule has 1 aliphatic carbocycles. The third-order valence-electron chi connectivity index (χ3n) is 4.26. The first-order valence-electron chi connectivity index (χ1n) is 7.02. The van der Waals surface area contributed by atoms with Gasteiger partial charge in [-0.25, -0.2) is 4.98 Å². The predicted molar refractivity (Wildman–Crippen MR) is 77.8 cm³/mol. The topological polar surface area (TPSA) is 93.0 Å². The van der Waals surface area contributed by atoms with Crippen molar-refractivity contribution in [1.29, 1.82) is 0 Å². The van der Waals surface area contributed by atoms with Gasteiger partial charge in [0, 0.05) is 13.1 Å². The molecule has 0 aromatic carbocycles. The number of hydrogen-bond donors (Lipinski definition) is 2. The summed E-state index contributed by atoms with van der Waals surface area (Å²) in [6, 6.07) is 0.234. The Morgan fingerprint density at radius 1 is 1.50 bits per heavy atom. The largest absolute Gasteiger partial charge is 0.361 e. The Kier molecular flexibility index (Phi) is 4.36. The molecule has 0 radical (unpaired) electrons. The van der Waals surface area contributed by atoms with Gasteiger partial charge in [0.25, 0.3) is 0 Å². The molecule has 7 nitrogen and oxygen atoms in total. The number of hydrogen-bond acceptors (Lipinski definition) is 6. The van der Waals surface area contributed by atoms with E-state index in [1.54, 1.807) is 7.05 Å². The van der Waals surface area contributed by atoms with Crippen molar-refractivity contribution < 1.29 is 4.92 Å². The summed E-state index contributed by atoms with van der Waals surface area (Å²) in [6.07, 6.45) is 4.58. The lowest BCUT2D eigenvalue weighted by molar-refractivity contribution is -0.384. The van der Waals surface area contributed by atoms with E-state index >= 15 is 0 Å². The van der Waals surface area contributed by atoms with Crippen LogP contribution in [0, 0.1) is 22.0 Å². The summed E-state index contributed by atoms with van der Waals surface area (Å²) in [5.41, 5.74) is -0.0730. The first-order chi connectivity index (χ1) is 9.56. The van der Waals surface area contributed by atoms with E-state index in [4.69, 9.17) is 0 Å². The van der Waals surface area contributed by atoms with E-state index in [2.05, 4.69) is 34.4 Å². The van der Waals surface area contributed by atoms with Crippen LogP contribution in [-0.4, -0.2) is 28.0 Å². The molecule has 1 saturated carbocycles. The Balaban J connectivity index is 2.21. The van der Waals surface area contributed by atoms with Gasteiger partial charge in [0.05, 0.1) is 4.92 Å². The fraction of sp³-hybridized carbons (Fsp3) is 0.692. The highest BCUT2D eigenvalue weighted by atomic mass is 16.6. The van der Waals surface area contributed by atoms with Gasteiger partial charge in [0.1, 0.15) is 6.20 Å². The maximum absolute atomic E-state index is 11.1. The Labute approximate surface area is 118 Å². The first-order valence-corrected chi connectivity index (χ1v) is 7.02. The molecule has 7 heteroatoms. The highest BCUT2D eigenvalue weighted by Crippen LogP contribution is 2.36. The van der Waals surface area contributed by atoms with Crippen molar-refractivity contribution in [3.05, 3.63) is 16.3 Å². The van der Waals surface area contributed by atoms with Crippen LogP contribution >= 0.6 is 0 Å². The second kappa shape index (κ2) is 6.02. The molecule has 1 fully saturated rings. The molecule has 0 aliphatic heterocycles. The quantitative estimate of drug-likeness (QED) is 0.635. The average Bonchev–Trinajstić information content (AvgIpc) is 2.79. The van der Waals surface area contributed by atoms with Crippen molar-refractivity contribution >= 4 is 17.5 Å². The lowest BCUT2D eigenvalue weighted by Crippen LogP contribution is -2.25. The summed E-state index contributed by atoms with van der Waals surface area (Å²) in [7, 11) is 1.69. The zero-order valence-corrected chi connectivity index (χ0v) is 12.1. The van der Waals surface area contributed by atoms with Gasteiger partial charge in [-0.15, -0.1) is 0 Å². The first kappa shape index (κ1) is 14.5. The normalized spacial score (nSPS) is 25.4. The summed E-state index contributed by atoms with van der Waals surface area (Å²) in [5, 5.41) is 17.1. The van der Waals surface area contributed by atoms with Gasteiger partial charge in [0.2, 0.25) is 11.8 Å². The van der Waals surface area contributed by atoms with Crippen molar-refractivity contribution in [2.45, 2.75) is 39.2 Å².